The van der Waals surface area contributed by atoms with Gasteiger partial charge in [-0.25, -0.2) is 9.78 Å². The molecule has 1 aliphatic carbocycles. The Morgan fingerprint density at radius 2 is 2.06 bits per heavy atom. The number of pyridine rings is 2. The zero-order chi connectivity index (χ0) is 23.4. The van der Waals surface area contributed by atoms with Crippen molar-refractivity contribution in [1.82, 2.24) is 9.55 Å². The van der Waals surface area contributed by atoms with E-state index in [1.807, 2.05) is 13.0 Å². The van der Waals surface area contributed by atoms with Crippen LogP contribution in [0.5, 0.6) is 5.75 Å². The standard InChI is InChI=1S/C26H24N2O5/c1-5-16-18-10-15(33-26(31)32-13(2)3)7-9-21(18)27-23-20(16)12-28-22(23)11-19-17(25(28)30)8-6-14(4)24(19)29/h7,9-11,24,29H,2,4-6,8,12H2,1,3H3/t24-/m1/s1. The van der Waals surface area contributed by atoms with E-state index in [0.29, 0.717) is 48.4 Å². The molecule has 1 aliphatic heterocycles. The van der Waals surface area contributed by atoms with Crippen LogP contribution in [0.1, 0.15) is 48.6 Å². The molecular weight excluding hydrogens is 420 g/mol. The van der Waals surface area contributed by atoms with Gasteiger partial charge in [0.05, 0.1) is 23.4 Å². The van der Waals surface area contributed by atoms with Gasteiger partial charge in [0.15, 0.2) is 0 Å². The summed E-state index contributed by atoms with van der Waals surface area (Å²) in [6.07, 6.45) is 0.217. The number of aryl methyl sites for hydroxylation is 1. The Hall–Kier alpha value is -3.71. The van der Waals surface area contributed by atoms with Crippen LogP contribution >= 0.6 is 0 Å². The van der Waals surface area contributed by atoms with Crippen molar-refractivity contribution in [2.75, 3.05) is 0 Å². The first-order valence-corrected chi connectivity index (χ1v) is 10.9. The lowest BCUT2D eigenvalue weighted by Gasteiger charge is -2.24. The van der Waals surface area contributed by atoms with Crippen LogP contribution in [0, 0.1) is 0 Å². The molecule has 0 radical (unpaired) electrons. The second-order valence-electron chi connectivity index (χ2n) is 8.52. The average molecular weight is 444 g/mol. The molecule has 0 fully saturated rings. The molecule has 168 valence electrons. The van der Waals surface area contributed by atoms with E-state index in [-0.39, 0.29) is 11.3 Å². The molecule has 2 aromatic heterocycles. The van der Waals surface area contributed by atoms with Crippen molar-refractivity contribution in [2.45, 2.75) is 45.8 Å². The van der Waals surface area contributed by atoms with Crippen molar-refractivity contribution >= 4 is 17.1 Å². The highest BCUT2D eigenvalue weighted by molar-refractivity contribution is 5.89. The molecule has 1 N–H and O–H groups in total. The Bertz CT molecular complexity index is 1430. The van der Waals surface area contributed by atoms with Crippen LogP contribution in [0.25, 0.3) is 22.3 Å². The monoisotopic (exact) mass is 444 g/mol. The van der Waals surface area contributed by atoms with Crippen molar-refractivity contribution < 1.29 is 19.4 Å². The van der Waals surface area contributed by atoms with Gasteiger partial charge in [-0.15, -0.1) is 0 Å². The molecule has 0 amide bonds. The summed E-state index contributed by atoms with van der Waals surface area (Å²) < 4.78 is 11.9. The molecule has 0 bridgehead atoms. The molecule has 0 unspecified atom stereocenters. The fourth-order valence-corrected chi connectivity index (χ4v) is 4.81. The van der Waals surface area contributed by atoms with Crippen molar-refractivity contribution in [2.24, 2.45) is 0 Å². The number of fused-ring (bicyclic) bond motifs is 5. The number of carbonyl (C=O) groups is 1. The van der Waals surface area contributed by atoms with Crippen LogP contribution in [0.2, 0.25) is 0 Å². The summed E-state index contributed by atoms with van der Waals surface area (Å²) >= 11 is 0. The zero-order valence-electron chi connectivity index (χ0n) is 18.6. The van der Waals surface area contributed by atoms with Gasteiger partial charge >= 0.3 is 6.16 Å². The minimum absolute atomic E-state index is 0.0790. The quantitative estimate of drug-likeness (QED) is 0.215. The minimum Gasteiger partial charge on any atom is -0.400 e. The van der Waals surface area contributed by atoms with E-state index in [1.165, 1.54) is 0 Å². The number of allylic oxidation sites excluding steroid dienone is 1. The average Bonchev–Trinajstić information content (AvgIpc) is 3.13. The van der Waals surface area contributed by atoms with Gasteiger partial charge < -0.3 is 19.1 Å². The van der Waals surface area contributed by atoms with Crippen LogP contribution in [0.4, 0.5) is 4.79 Å². The number of aliphatic hydroxyl groups excluding tert-OH is 1. The molecule has 7 heteroatoms. The van der Waals surface area contributed by atoms with Gasteiger partial charge in [0.1, 0.15) is 17.6 Å². The first-order valence-electron chi connectivity index (χ1n) is 10.9. The lowest BCUT2D eigenvalue weighted by molar-refractivity contribution is 0.127. The third-order valence-electron chi connectivity index (χ3n) is 6.36. The number of nitrogens with zero attached hydrogens (tertiary/aromatic N) is 2. The van der Waals surface area contributed by atoms with Gasteiger partial charge in [-0.1, -0.05) is 20.1 Å². The molecule has 3 aromatic rings. The number of aliphatic hydroxyl groups is 1. The topological polar surface area (TPSA) is 90.7 Å². The number of benzene rings is 1. The summed E-state index contributed by atoms with van der Waals surface area (Å²) in [6.45, 7) is 11.5. The SMILES string of the molecule is C=C(C)OC(=O)Oc1ccc2nc3c(c(CC)c2c1)Cn1c-3cc2c(c1=O)CCC(=C)[C@H]2O. The van der Waals surface area contributed by atoms with Gasteiger partial charge in [-0.3, -0.25) is 4.79 Å². The molecule has 0 saturated heterocycles. The Kier molecular flexibility index (Phi) is 4.94. The third kappa shape index (κ3) is 3.36. The van der Waals surface area contributed by atoms with E-state index in [9.17, 15) is 14.7 Å². The van der Waals surface area contributed by atoms with Crippen LogP contribution < -0.4 is 10.3 Å². The number of aromatic nitrogens is 2. The van der Waals surface area contributed by atoms with E-state index >= 15 is 0 Å². The lowest BCUT2D eigenvalue weighted by atomic mass is 9.87. The normalized spacial score (nSPS) is 16.2. The molecule has 33 heavy (non-hydrogen) atoms. The van der Waals surface area contributed by atoms with E-state index in [2.05, 4.69) is 13.2 Å². The predicted molar refractivity (Wildman–Crippen MR) is 124 cm³/mol. The highest BCUT2D eigenvalue weighted by Gasteiger charge is 2.31. The van der Waals surface area contributed by atoms with Crippen molar-refractivity contribution in [3.63, 3.8) is 0 Å². The van der Waals surface area contributed by atoms with Crippen LogP contribution in [0.15, 0.2) is 53.6 Å². The maximum absolute atomic E-state index is 13.3. The van der Waals surface area contributed by atoms with Crippen LogP contribution in [-0.2, 0) is 24.1 Å². The van der Waals surface area contributed by atoms with E-state index in [1.54, 1.807) is 29.7 Å². The lowest BCUT2D eigenvalue weighted by Crippen LogP contribution is -2.28. The van der Waals surface area contributed by atoms with Crippen LogP contribution in [0.3, 0.4) is 0 Å². The largest absolute Gasteiger partial charge is 0.519 e. The molecule has 7 nitrogen and oxygen atoms in total. The molecule has 5 rings (SSSR count). The number of ether oxygens (including phenoxy) is 2. The summed E-state index contributed by atoms with van der Waals surface area (Å²) in [4.78, 5) is 30.0. The summed E-state index contributed by atoms with van der Waals surface area (Å²) in [6, 6.07) is 7.10. The number of carbonyl (C=O) groups excluding carboxylic acids is 1. The summed E-state index contributed by atoms with van der Waals surface area (Å²) in [5.74, 6) is 0.587. The fourth-order valence-electron chi connectivity index (χ4n) is 4.81. The summed E-state index contributed by atoms with van der Waals surface area (Å²) in [5.41, 5.74) is 6.14. The zero-order valence-corrected chi connectivity index (χ0v) is 18.6. The van der Waals surface area contributed by atoms with E-state index in [4.69, 9.17) is 14.5 Å². The Labute approximate surface area is 190 Å². The molecule has 2 aliphatic rings. The molecule has 1 atom stereocenters. The van der Waals surface area contributed by atoms with Gasteiger partial charge in [-0.2, -0.15) is 0 Å². The van der Waals surface area contributed by atoms with Gasteiger partial charge in [0, 0.05) is 16.5 Å². The summed E-state index contributed by atoms with van der Waals surface area (Å²) in [7, 11) is 0. The van der Waals surface area contributed by atoms with Crippen molar-refractivity contribution in [3.8, 4) is 17.1 Å². The number of hydrogen-bond acceptors (Lipinski definition) is 6. The van der Waals surface area contributed by atoms with Gasteiger partial charge in [-0.05, 0) is 67.2 Å². The second-order valence-corrected chi connectivity index (χ2v) is 8.52. The first kappa shape index (κ1) is 21.2. The highest BCUT2D eigenvalue weighted by Crippen LogP contribution is 2.40. The molecule has 0 spiro atoms. The molecule has 0 saturated carbocycles. The molecule has 1 aromatic carbocycles. The Morgan fingerprint density at radius 3 is 2.79 bits per heavy atom. The smallest absolute Gasteiger partial charge is 0.400 e. The van der Waals surface area contributed by atoms with Gasteiger partial charge in [0.25, 0.3) is 5.56 Å². The maximum Gasteiger partial charge on any atom is 0.519 e. The molecular formula is C26H24N2O5. The Morgan fingerprint density at radius 1 is 1.27 bits per heavy atom. The predicted octanol–water partition coefficient (Wildman–Crippen LogP) is 4.57. The second kappa shape index (κ2) is 7.71. The van der Waals surface area contributed by atoms with Crippen molar-refractivity contribution in [1.29, 1.82) is 0 Å². The summed E-state index contributed by atoms with van der Waals surface area (Å²) in [5, 5.41) is 11.5. The fraction of sp³-hybridized carbons (Fsp3) is 0.269. The Balaban J connectivity index is 1.64. The molecule has 3 heterocycles. The highest BCUT2D eigenvalue weighted by atomic mass is 16.7. The number of rotatable bonds is 3. The first-order chi connectivity index (χ1) is 15.8. The van der Waals surface area contributed by atoms with E-state index in [0.717, 1.165) is 33.3 Å². The van der Waals surface area contributed by atoms with E-state index < -0.39 is 12.3 Å². The minimum atomic E-state index is -0.848. The van der Waals surface area contributed by atoms with Crippen molar-refractivity contribution in [3.05, 3.63) is 81.4 Å². The van der Waals surface area contributed by atoms with Crippen LogP contribution in [-0.4, -0.2) is 20.8 Å². The number of hydrogen-bond donors (Lipinski definition) is 1. The van der Waals surface area contributed by atoms with Gasteiger partial charge in [0.2, 0.25) is 0 Å². The third-order valence-corrected chi connectivity index (χ3v) is 6.36. The maximum atomic E-state index is 13.3.